The first kappa shape index (κ1) is 25.6. The first-order valence-electron chi connectivity index (χ1n) is 10.5. The van der Waals surface area contributed by atoms with Crippen LogP contribution in [0.25, 0.3) is 0 Å². The Morgan fingerprint density at radius 3 is 2.48 bits per heavy atom. The molecule has 2 aromatic rings. The van der Waals surface area contributed by atoms with Crippen LogP contribution in [0, 0.1) is 5.82 Å². The molecule has 0 aromatic heterocycles. The minimum absolute atomic E-state index is 0.0887. The largest absolute Gasteiger partial charge is 0.396 e. The van der Waals surface area contributed by atoms with E-state index in [1.165, 1.54) is 4.90 Å². The quantitative estimate of drug-likeness (QED) is 0.633. The Labute approximate surface area is 198 Å². The first-order chi connectivity index (χ1) is 15.4. The number of ether oxygens (including phenoxy) is 1. The van der Waals surface area contributed by atoms with Crippen molar-refractivity contribution in [1.29, 1.82) is 0 Å². The molecular formula is C23H28ClFN2O5S. The Hall–Kier alpha value is -2.04. The molecule has 2 aromatic carbocycles. The predicted octanol–water partition coefficient (Wildman–Crippen LogP) is 3.65. The summed E-state index contributed by atoms with van der Waals surface area (Å²) in [6.45, 7) is 4.98. The lowest BCUT2D eigenvalue weighted by atomic mass is 9.86. The molecular weight excluding hydrogens is 471 g/mol. The average molecular weight is 499 g/mol. The van der Waals surface area contributed by atoms with Crippen LogP contribution in [0.5, 0.6) is 0 Å². The molecule has 0 radical (unpaired) electrons. The summed E-state index contributed by atoms with van der Waals surface area (Å²) in [5.74, 6) is -1.62. The molecule has 0 aliphatic carbocycles. The van der Waals surface area contributed by atoms with E-state index < -0.39 is 37.8 Å². The molecule has 1 aliphatic heterocycles. The number of nitrogens with zero attached hydrogens (tertiary/aromatic N) is 1. The lowest BCUT2D eigenvalue weighted by molar-refractivity contribution is -0.140. The van der Waals surface area contributed by atoms with Crippen LogP contribution in [-0.2, 0) is 20.4 Å². The van der Waals surface area contributed by atoms with E-state index in [0.717, 1.165) is 17.7 Å². The van der Waals surface area contributed by atoms with Gasteiger partial charge in [0.25, 0.3) is 5.91 Å². The number of aliphatic hydroxyl groups excluding tert-OH is 1. The maximum absolute atomic E-state index is 14.5. The van der Waals surface area contributed by atoms with Crippen molar-refractivity contribution in [2.24, 2.45) is 0 Å². The van der Waals surface area contributed by atoms with Crippen LogP contribution in [-0.4, -0.2) is 49.8 Å². The Morgan fingerprint density at radius 1 is 1.27 bits per heavy atom. The Bertz CT molecular complexity index is 1110. The van der Waals surface area contributed by atoms with E-state index >= 15 is 0 Å². The van der Waals surface area contributed by atoms with Gasteiger partial charge in [-0.1, -0.05) is 41.9 Å². The fraction of sp³-hybridized carbons (Fsp3) is 0.435. The zero-order valence-corrected chi connectivity index (χ0v) is 20.3. The van der Waals surface area contributed by atoms with Gasteiger partial charge in [-0.15, -0.1) is 0 Å². The maximum atomic E-state index is 14.5. The summed E-state index contributed by atoms with van der Waals surface area (Å²) in [6.07, 6.45) is 0.774. The number of amides is 1. The second-order valence-electron chi connectivity index (χ2n) is 9.04. The second-order valence-corrected chi connectivity index (χ2v) is 11.1. The van der Waals surface area contributed by atoms with E-state index in [2.05, 4.69) is 4.72 Å². The van der Waals surface area contributed by atoms with Gasteiger partial charge >= 0.3 is 0 Å². The van der Waals surface area contributed by atoms with Crippen molar-refractivity contribution in [1.82, 2.24) is 9.62 Å². The van der Waals surface area contributed by atoms with Gasteiger partial charge in [-0.25, -0.2) is 17.5 Å². The Balaban J connectivity index is 1.86. The minimum Gasteiger partial charge on any atom is -0.396 e. The van der Waals surface area contributed by atoms with Crippen molar-refractivity contribution in [2.45, 2.75) is 49.6 Å². The molecule has 1 fully saturated rings. The number of hydrogen-bond acceptors (Lipinski definition) is 5. The molecule has 1 aliphatic rings. The van der Waals surface area contributed by atoms with Crippen molar-refractivity contribution in [2.75, 3.05) is 19.9 Å². The lowest BCUT2D eigenvalue weighted by Gasteiger charge is -2.42. The van der Waals surface area contributed by atoms with Crippen molar-refractivity contribution >= 4 is 27.5 Å². The summed E-state index contributed by atoms with van der Waals surface area (Å²) in [7, 11) is -4.23. The molecule has 10 heteroatoms. The van der Waals surface area contributed by atoms with Crippen LogP contribution in [0.4, 0.5) is 4.39 Å². The summed E-state index contributed by atoms with van der Waals surface area (Å²) in [6, 6.07) is 11.2. The average Bonchev–Trinajstić information content (AvgIpc) is 2.73. The zero-order chi connectivity index (χ0) is 24.4. The number of benzene rings is 2. The molecule has 1 atom stereocenters. The molecule has 1 amide bonds. The van der Waals surface area contributed by atoms with Crippen molar-refractivity contribution < 1.29 is 27.4 Å². The SMILES string of the molecule is CC(C)(C)NS(=O)(=O)c1cc(C(=O)N2CCC(CCO)(c3ccccc3)OC2)c(Cl)cc1F. The van der Waals surface area contributed by atoms with E-state index in [4.69, 9.17) is 16.3 Å². The van der Waals surface area contributed by atoms with Gasteiger partial charge in [-0.2, -0.15) is 0 Å². The first-order valence-corrected chi connectivity index (χ1v) is 12.4. The normalized spacial score (nSPS) is 19.5. The molecule has 3 rings (SSSR count). The fourth-order valence-corrected chi connectivity index (χ4v) is 5.57. The number of carbonyl (C=O) groups excluding carboxylic acids is 1. The zero-order valence-electron chi connectivity index (χ0n) is 18.8. The van der Waals surface area contributed by atoms with Crippen molar-refractivity contribution in [3.63, 3.8) is 0 Å². The van der Waals surface area contributed by atoms with E-state index in [1.807, 2.05) is 30.3 Å². The Morgan fingerprint density at radius 2 is 1.94 bits per heavy atom. The standard InChI is InChI=1S/C23H28ClFN2O5S/c1-22(2,3)26-33(30,31)20-13-17(18(24)14-19(20)25)21(29)27-11-9-23(10-12-28,32-15-27)16-7-5-4-6-8-16/h4-8,13-14,26,28H,9-12,15H2,1-3H3. The van der Waals surface area contributed by atoms with Gasteiger partial charge in [0, 0.05) is 25.1 Å². The number of hydrogen-bond donors (Lipinski definition) is 2. The fourth-order valence-electron chi connectivity index (χ4n) is 3.83. The number of sulfonamides is 1. The number of halogens is 2. The highest BCUT2D eigenvalue weighted by molar-refractivity contribution is 7.89. The van der Waals surface area contributed by atoms with E-state index in [-0.39, 0.29) is 30.5 Å². The lowest BCUT2D eigenvalue weighted by Crippen LogP contribution is -2.47. The van der Waals surface area contributed by atoms with Crippen LogP contribution in [0.3, 0.4) is 0 Å². The highest BCUT2D eigenvalue weighted by Crippen LogP contribution is 2.37. The smallest absolute Gasteiger partial charge is 0.257 e. The summed E-state index contributed by atoms with van der Waals surface area (Å²) in [4.78, 5) is 13.9. The monoisotopic (exact) mass is 498 g/mol. The molecule has 0 bridgehead atoms. The van der Waals surface area contributed by atoms with Gasteiger partial charge in [-0.3, -0.25) is 4.79 Å². The van der Waals surface area contributed by atoms with Gasteiger partial charge in [0.05, 0.1) is 16.2 Å². The molecule has 1 heterocycles. The van der Waals surface area contributed by atoms with Gasteiger partial charge in [0.2, 0.25) is 10.0 Å². The van der Waals surface area contributed by atoms with Gasteiger partial charge in [-0.05, 0) is 44.9 Å². The molecule has 7 nitrogen and oxygen atoms in total. The molecule has 2 N–H and O–H groups in total. The summed E-state index contributed by atoms with van der Waals surface area (Å²) < 4.78 is 48.3. The molecule has 0 spiro atoms. The number of nitrogens with one attached hydrogen (secondary N) is 1. The number of aliphatic hydroxyl groups is 1. The van der Waals surface area contributed by atoms with E-state index in [0.29, 0.717) is 12.8 Å². The predicted molar refractivity (Wildman–Crippen MR) is 123 cm³/mol. The number of rotatable bonds is 6. The Kier molecular flexibility index (Phi) is 7.50. The summed E-state index contributed by atoms with van der Waals surface area (Å²) in [5.41, 5.74) is -0.828. The van der Waals surface area contributed by atoms with Crippen LogP contribution in [0.1, 0.15) is 49.5 Å². The third-order valence-electron chi connectivity index (χ3n) is 5.37. The highest BCUT2D eigenvalue weighted by atomic mass is 35.5. The molecule has 1 unspecified atom stereocenters. The summed E-state index contributed by atoms with van der Waals surface area (Å²) in [5, 5.41) is 9.38. The highest BCUT2D eigenvalue weighted by Gasteiger charge is 2.39. The second kappa shape index (κ2) is 9.68. The van der Waals surface area contributed by atoms with Crippen LogP contribution in [0.15, 0.2) is 47.4 Å². The number of carbonyl (C=O) groups is 1. The van der Waals surface area contributed by atoms with Gasteiger partial charge in [0.1, 0.15) is 17.4 Å². The van der Waals surface area contributed by atoms with Gasteiger partial charge < -0.3 is 14.7 Å². The van der Waals surface area contributed by atoms with Crippen molar-refractivity contribution in [3.05, 3.63) is 64.4 Å². The summed E-state index contributed by atoms with van der Waals surface area (Å²) >= 11 is 6.12. The molecule has 180 valence electrons. The van der Waals surface area contributed by atoms with Crippen LogP contribution < -0.4 is 4.72 Å². The molecule has 33 heavy (non-hydrogen) atoms. The third-order valence-corrected chi connectivity index (χ3v) is 7.45. The van der Waals surface area contributed by atoms with Crippen LogP contribution in [0.2, 0.25) is 5.02 Å². The topological polar surface area (TPSA) is 95.9 Å². The van der Waals surface area contributed by atoms with E-state index in [1.54, 1.807) is 20.8 Å². The molecule has 0 saturated carbocycles. The molecule has 1 saturated heterocycles. The van der Waals surface area contributed by atoms with E-state index in [9.17, 15) is 22.7 Å². The maximum Gasteiger partial charge on any atom is 0.257 e. The van der Waals surface area contributed by atoms with Gasteiger partial charge in [0.15, 0.2) is 0 Å². The van der Waals surface area contributed by atoms with Crippen molar-refractivity contribution in [3.8, 4) is 0 Å². The third kappa shape index (κ3) is 5.73. The minimum atomic E-state index is -4.23. The van der Waals surface area contributed by atoms with Crippen LogP contribution >= 0.6 is 11.6 Å².